The summed E-state index contributed by atoms with van der Waals surface area (Å²) in [5.74, 6) is 0. The van der Waals surface area contributed by atoms with Crippen molar-refractivity contribution in [3.8, 4) is 0 Å². The third-order valence-corrected chi connectivity index (χ3v) is 7.25. The number of anilines is 1. The zero-order chi connectivity index (χ0) is 15.8. The zero-order valence-corrected chi connectivity index (χ0v) is 15.1. The zero-order valence-electron chi connectivity index (χ0n) is 11.1. The molecule has 0 bridgehead atoms. The monoisotopic (exact) mass is 410 g/mol. The average molecular weight is 411 g/mol. The van der Waals surface area contributed by atoms with Crippen molar-refractivity contribution in [1.29, 1.82) is 0 Å². The Labute approximate surface area is 138 Å². The third kappa shape index (κ3) is 3.82. The van der Waals surface area contributed by atoms with Gasteiger partial charge in [0.25, 0.3) is 0 Å². The number of sulfone groups is 1. The fraction of sp³-hybridized carbons (Fsp3) is 0.273. The van der Waals surface area contributed by atoms with Gasteiger partial charge in [0.1, 0.15) is 4.21 Å². The summed E-state index contributed by atoms with van der Waals surface area (Å²) < 4.78 is 24.1. The number of hydrogen-bond donors (Lipinski definition) is 0. The van der Waals surface area contributed by atoms with Crippen LogP contribution >= 0.6 is 38.6 Å². The molecule has 0 aliphatic heterocycles. The molecule has 0 unspecified atom stereocenters. The molecule has 6 nitrogen and oxygen atoms in total. The molecule has 0 aliphatic carbocycles. The van der Waals surface area contributed by atoms with Gasteiger partial charge in [-0.15, -0.1) is 11.3 Å². The summed E-state index contributed by atoms with van der Waals surface area (Å²) in [5.41, 5.74) is -0.182. The number of nitrogens with zero attached hydrogens (tertiary/aromatic N) is 2. The standard InChI is InChI=1S/C11H11BrN2O4S3/c1-13(6-7-3-4-9(12)19-7)11-8(14(15)16)5-10(20-11)21(2,17)18/h3-5H,6H2,1-2H3. The molecule has 0 aliphatic rings. The molecular formula is C11H11BrN2O4S3. The van der Waals surface area contributed by atoms with E-state index >= 15 is 0 Å². The summed E-state index contributed by atoms with van der Waals surface area (Å²) in [6, 6.07) is 4.94. The number of thiophene rings is 2. The van der Waals surface area contributed by atoms with Gasteiger partial charge >= 0.3 is 5.69 Å². The van der Waals surface area contributed by atoms with E-state index < -0.39 is 14.8 Å². The lowest BCUT2D eigenvalue weighted by Crippen LogP contribution is -2.15. The van der Waals surface area contributed by atoms with Crippen LogP contribution in [0.1, 0.15) is 4.88 Å². The first-order chi connectivity index (χ1) is 9.68. The molecule has 0 aromatic carbocycles. The van der Waals surface area contributed by atoms with Crippen molar-refractivity contribution in [2.75, 3.05) is 18.2 Å². The lowest BCUT2D eigenvalue weighted by molar-refractivity contribution is -0.383. The maximum atomic E-state index is 11.6. The second-order valence-corrected chi connectivity index (χ2v) is 10.2. The Balaban J connectivity index is 2.37. The lowest BCUT2D eigenvalue weighted by atomic mass is 10.4. The summed E-state index contributed by atoms with van der Waals surface area (Å²) in [4.78, 5) is 13.3. The van der Waals surface area contributed by atoms with E-state index in [0.29, 0.717) is 11.5 Å². The van der Waals surface area contributed by atoms with Crippen LogP contribution in [-0.4, -0.2) is 26.6 Å². The van der Waals surface area contributed by atoms with Crippen LogP contribution in [0.4, 0.5) is 10.7 Å². The normalized spacial score (nSPS) is 11.6. The maximum absolute atomic E-state index is 11.6. The maximum Gasteiger partial charge on any atom is 0.305 e. The molecule has 2 aromatic rings. The molecule has 0 amide bonds. The minimum absolute atomic E-state index is 0.00316. The summed E-state index contributed by atoms with van der Waals surface area (Å²) in [5, 5.41) is 11.4. The summed E-state index contributed by atoms with van der Waals surface area (Å²) in [7, 11) is -1.75. The van der Waals surface area contributed by atoms with Gasteiger partial charge in [0, 0.05) is 24.2 Å². The number of rotatable bonds is 5. The highest BCUT2D eigenvalue weighted by molar-refractivity contribution is 9.11. The summed E-state index contributed by atoms with van der Waals surface area (Å²) >= 11 is 5.81. The van der Waals surface area contributed by atoms with Gasteiger partial charge in [0.05, 0.1) is 15.3 Å². The second kappa shape index (κ2) is 6.03. The van der Waals surface area contributed by atoms with Crippen molar-refractivity contribution in [3.05, 3.63) is 37.0 Å². The van der Waals surface area contributed by atoms with Crippen LogP contribution in [0.3, 0.4) is 0 Å². The van der Waals surface area contributed by atoms with Crippen molar-refractivity contribution in [1.82, 2.24) is 0 Å². The van der Waals surface area contributed by atoms with Crippen LogP contribution in [0.2, 0.25) is 0 Å². The average Bonchev–Trinajstić information content (AvgIpc) is 2.94. The van der Waals surface area contributed by atoms with Crippen LogP contribution in [0.15, 0.2) is 26.2 Å². The van der Waals surface area contributed by atoms with Gasteiger partial charge in [-0.1, -0.05) is 11.3 Å². The highest BCUT2D eigenvalue weighted by atomic mass is 79.9. The Kier molecular flexibility index (Phi) is 4.71. The van der Waals surface area contributed by atoms with Crippen LogP contribution in [-0.2, 0) is 16.4 Å². The summed E-state index contributed by atoms with van der Waals surface area (Å²) in [6.07, 6.45) is 1.04. The first kappa shape index (κ1) is 16.4. The highest BCUT2D eigenvalue weighted by Gasteiger charge is 2.26. The van der Waals surface area contributed by atoms with Gasteiger partial charge in [-0.3, -0.25) is 10.1 Å². The molecule has 2 rings (SSSR count). The molecule has 0 fully saturated rings. The van der Waals surface area contributed by atoms with Crippen LogP contribution in [0.25, 0.3) is 0 Å². The third-order valence-electron chi connectivity index (χ3n) is 2.60. The lowest BCUT2D eigenvalue weighted by Gasteiger charge is -2.15. The summed E-state index contributed by atoms with van der Waals surface area (Å²) in [6.45, 7) is 0.473. The molecule has 0 atom stereocenters. The predicted molar refractivity (Wildman–Crippen MR) is 88.2 cm³/mol. The molecule has 0 saturated carbocycles. The van der Waals surface area contributed by atoms with Gasteiger partial charge in [0.2, 0.25) is 0 Å². The molecule has 21 heavy (non-hydrogen) atoms. The van der Waals surface area contributed by atoms with Gasteiger partial charge in [-0.2, -0.15) is 0 Å². The van der Waals surface area contributed by atoms with Gasteiger partial charge in [0.15, 0.2) is 14.8 Å². The first-order valence-electron chi connectivity index (χ1n) is 5.62. The van der Waals surface area contributed by atoms with Gasteiger partial charge in [-0.25, -0.2) is 8.42 Å². The molecule has 0 saturated heterocycles. The second-order valence-electron chi connectivity index (χ2n) is 4.35. The van der Waals surface area contributed by atoms with E-state index in [1.54, 1.807) is 11.9 Å². The van der Waals surface area contributed by atoms with Crippen LogP contribution in [0.5, 0.6) is 0 Å². The first-order valence-corrected chi connectivity index (χ1v) is 9.94. The fourth-order valence-corrected chi connectivity index (χ4v) is 5.20. The Morgan fingerprint density at radius 1 is 1.38 bits per heavy atom. The van der Waals surface area contributed by atoms with Crippen LogP contribution in [0, 0.1) is 10.1 Å². The van der Waals surface area contributed by atoms with E-state index in [9.17, 15) is 18.5 Å². The molecule has 0 radical (unpaired) electrons. The van der Waals surface area contributed by atoms with Crippen LogP contribution < -0.4 is 4.90 Å². The van der Waals surface area contributed by atoms with Crippen molar-refractivity contribution in [2.24, 2.45) is 0 Å². The van der Waals surface area contributed by atoms with E-state index in [4.69, 9.17) is 0 Å². The quantitative estimate of drug-likeness (QED) is 0.556. The Hall–Kier alpha value is -0.970. The SMILES string of the molecule is CN(Cc1ccc(Br)s1)c1sc(S(C)(=O)=O)cc1[N+](=O)[O-]. The minimum Gasteiger partial charge on any atom is -0.356 e. The van der Waals surface area contributed by atoms with Crippen molar-refractivity contribution in [3.63, 3.8) is 0 Å². The fourth-order valence-electron chi connectivity index (χ4n) is 1.68. The van der Waals surface area contributed by atoms with E-state index in [-0.39, 0.29) is 9.90 Å². The molecular weight excluding hydrogens is 400 g/mol. The predicted octanol–water partition coefficient (Wildman–Crippen LogP) is 3.52. The van der Waals surface area contributed by atoms with Crippen molar-refractivity contribution in [2.45, 2.75) is 10.8 Å². The van der Waals surface area contributed by atoms with Gasteiger partial charge < -0.3 is 4.90 Å². The molecule has 0 spiro atoms. The molecule has 2 aromatic heterocycles. The van der Waals surface area contributed by atoms with Crippen molar-refractivity contribution < 1.29 is 13.3 Å². The topological polar surface area (TPSA) is 80.5 Å². The molecule has 2 heterocycles. The minimum atomic E-state index is -3.46. The largest absolute Gasteiger partial charge is 0.356 e. The number of nitro groups is 1. The van der Waals surface area contributed by atoms with E-state index in [1.165, 1.54) is 11.3 Å². The molecule has 0 N–H and O–H groups in total. The van der Waals surface area contributed by atoms with Crippen molar-refractivity contribution >= 4 is 59.1 Å². The Morgan fingerprint density at radius 3 is 2.52 bits per heavy atom. The Bertz CT molecular complexity index is 781. The van der Waals surface area contributed by atoms with E-state index in [1.807, 2.05) is 12.1 Å². The molecule has 10 heteroatoms. The van der Waals surface area contributed by atoms with Gasteiger partial charge in [-0.05, 0) is 28.1 Å². The smallest absolute Gasteiger partial charge is 0.305 e. The number of halogens is 1. The van der Waals surface area contributed by atoms with E-state index in [0.717, 1.165) is 32.3 Å². The highest BCUT2D eigenvalue weighted by Crippen LogP contribution is 2.40. The molecule has 114 valence electrons. The van der Waals surface area contributed by atoms with E-state index in [2.05, 4.69) is 15.9 Å². The Morgan fingerprint density at radius 2 is 2.05 bits per heavy atom. The number of hydrogen-bond acceptors (Lipinski definition) is 7.